The summed E-state index contributed by atoms with van der Waals surface area (Å²) in [6.45, 7) is 7.29. The molecular formula is C26H30N4O3S. The molecule has 1 unspecified atom stereocenters. The Morgan fingerprint density at radius 1 is 1.09 bits per heavy atom. The Balaban J connectivity index is 1.77. The summed E-state index contributed by atoms with van der Waals surface area (Å²) in [5.74, 6) is 3.05. The summed E-state index contributed by atoms with van der Waals surface area (Å²) in [5.41, 5.74) is 3.77. The van der Waals surface area contributed by atoms with Crippen LogP contribution in [-0.2, 0) is 0 Å². The predicted octanol–water partition coefficient (Wildman–Crippen LogP) is 5.46. The van der Waals surface area contributed by atoms with Crippen LogP contribution in [0.1, 0.15) is 44.7 Å². The van der Waals surface area contributed by atoms with Gasteiger partial charge in [0.1, 0.15) is 11.5 Å². The van der Waals surface area contributed by atoms with Crippen molar-refractivity contribution in [2.45, 2.75) is 33.2 Å². The van der Waals surface area contributed by atoms with Crippen LogP contribution in [0.3, 0.4) is 0 Å². The van der Waals surface area contributed by atoms with Crippen molar-refractivity contribution in [1.82, 2.24) is 20.4 Å². The van der Waals surface area contributed by atoms with Gasteiger partial charge in [0.15, 0.2) is 5.11 Å². The van der Waals surface area contributed by atoms with Crippen LogP contribution in [0.25, 0.3) is 17.0 Å². The first-order valence-electron chi connectivity index (χ1n) is 11.3. The van der Waals surface area contributed by atoms with Crippen LogP contribution in [0.2, 0.25) is 0 Å². The second-order valence-corrected chi connectivity index (χ2v) is 9.03. The van der Waals surface area contributed by atoms with E-state index in [1.807, 2.05) is 48.5 Å². The lowest BCUT2D eigenvalue weighted by atomic mass is 9.94. The molecule has 0 saturated heterocycles. The minimum atomic E-state index is -0.229. The van der Waals surface area contributed by atoms with Gasteiger partial charge in [-0.2, -0.15) is 4.98 Å². The van der Waals surface area contributed by atoms with E-state index in [4.69, 9.17) is 31.2 Å². The lowest BCUT2D eigenvalue weighted by molar-refractivity contribution is 0.390. The summed E-state index contributed by atoms with van der Waals surface area (Å²) in [4.78, 5) is 6.89. The van der Waals surface area contributed by atoms with Crippen LogP contribution in [0.4, 0.5) is 0 Å². The van der Waals surface area contributed by atoms with Crippen LogP contribution in [0, 0.1) is 5.92 Å². The third kappa shape index (κ3) is 4.92. The number of benzene rings is 2. The number of nitrogens with one attached hydrogen (secondary N) is 1. The van der Waals surface area contributed by atoms with Gasteiger partial charge >= 0.3 is 0 Å². The van der Waals surface area contributed by atoms with Gasteiger partial charge in [0.2, 0.25) is 5.82 Å². The Morgan fingerprint density at radius 3 is 2.50 bits per heavy atom. The number of aromatic nitrogens is 2. The summed E-state index contributed by atoms with van der Waals surface area (Å²) in [5, 5.41) is 8.46. The average Bonchev–Trinajstić information content (AvgIpc) is 3.33. The number of hydrogen-bond acceptors (Lipinski definition) is 6. The smallest absolute Gasteiger partial charge is 0.258 e. The van der Waals surface area contributed by atoms with Crippen LogP contribution in [0.5, 0.6) is 11.5 Å². The second kappa shape index (κ2) is 10.3. The van der Waals surface area contributed by atoms with Gasteiger partial charge in [-0.05, 0) is 61.3 Å². The SMILES string of the molecule is COc1ccc(C2NC(=S)N(CCC(C)C)C(C)=C2c2nc(-c3cccc(OC)c3)no2)cc1. The van der Waals surface area contributed by atoms with E-state index in [1.165, 1.54) is 0 Å². The van der Waals surface area contributed by atoms with Gasteiger partial charge in [0.05, 0.1) is 25.8 Å². The van der Waals surface area contributed by atoms with Crippen molar-refractivity contribution in [2.24, 2.45) is 5.92 Å². The van der Waals surface area contributed by atoms with E-state index >= 15 is 0 Å². The molecule has 2 aromatic carbocycles. The zero-order chi connectivity index (χ0) is 24.2. The van der Waals surface area contributed by atoms with E-state index in [2.05, 4.69) is 36.1 Å². The molecule has 8 heteroatoms. The summed E-state index contributed by atoms with van der Waals surface area (Å²) in [6.07, 6.45) is 1.01. The van der Waals surface area contributed by atoms with E-state index in [-0.39, 0.29) is 6.04 Å². The van der Waals surface area contributed by atoms with E-state index in [1.54, 1.807) is 14.2 Å². The number of ether oxygens (including phenoxy) is 2. The molecule has 1 aliphatic heterocycles. The minimum Gasteiger partial charge on any atom is -0.497 e. The van der Waals surface area contributed by atoms with E-state index in [0.717, 1.165) is 46.9 Å². The Bertz CT molecular complexity index is 1190. The molecule has 1 aromatic heterocycles. The second-order valence-electron chi connectivity index (χ2n) is 8.64. The fraction of sp³-hybridized carbons (Fsp3) is 0.346. The minimum absolute atomic E-state index is 0.229. The van der Waals surface area contributed by atoms with Crippen LogP contribution in [0.15, 0.2) is 58.8 Å². The molecule has 0 aliphatic carbocycles. The molecule has 0 bridgehead atoms. The number of allylic oxidation sites excluding steroid dienone is 1. The Hall–Kier alpha value is -3.39. The maximum absolute atomic E-state index is 5.81. The standard InChI is InChI=1S/C26H30N4O3S/c1-16(2)13-14-30-17(3)22(23(27-26(30)34)18-9-11-20(31-4)12-10-18)25-28-24(29-33-25)19-7-6-8-21(15-19)32-5/h6-12,15-16,23H,13-14H2,1-5H3,(H,27,34). The number of methoxy groups -OCH3 is 2. The average molecular weight is 479 g/mol. The first kappa shape index (κ1) is 23.8. The lowest BCUT2D eigenvalue weighted by Crippen LogP contribution is -2.46. The molecule has 0 saturated carbocycles. The molecule has 1 N–H and O–H groups in total. The fourth-order valence-corrected chi connectivity index (χ4v) is 4.32. The van der Waals surface area contributed by atoms with Crippen LogP contribution in [-0.4, -0.2) is 40.9 Å². The predicted molar refractivity (Wildman–Crippen MR) is 137 cm³/mol. The topological polar surface area (TPSA) is 72.7 Å². The molecule has 0 spiro atoms. The van der Waals surface area contributed by atoms with Crippen molar-refractivity contribution in [3.63, 3.8) is 0 Å². The van der Waals surface area contributed by atoms with Gasteiger partial charge < -0.3 is 24.2 Å². The Labute approximate surface area is 205 Å². The van der Waals surface area contributed by atoms with Crippen molar-refractivity contribution in [2.75, 3.05) is 20.8 Å². The monoisotopic (exact) mass is 478 g/mol. The zero-order valence-corrected chi connectivity index (χ0v) is 21.0. The highest BCUT2D eigenvalue weighted by Gasteiger charge is 2.34. The van der Waals surface area contributed by atoms with Gasteiger partial charge in [-0.15, -0.1) is 0 Å². The largest absolute Gasteiger partial charge is 0.497 e. The summed E-state index contributed by atoms with van der Waals surface area (Å²) in [6, 6.07) is 15.3. The van der Waals surface area contributed by atoms with Gasteiger partial charge in [-0.1, -0.05) is 43.3 Å². The molecule has 0 radical (unpaired) electrons. The summed E-state index contributed by atoms with van der Waals surface area (Å²) < 4.78 is 16.5. The quantitative estimate of drug-likeness (QED) is 0.428. The van der Waals surface area contributed by atoms with Gasteiger partial charge in [-0.25, -0.2) is 0 Å². The van der Waals surface area contributed by atoms with Crippen molar-refractivity contribution in [1.29, 1.82) is 0 Å². The molecular weight excluding hydrogens is 448 g/mol. The molecule has 1 atom stereocenters. The van der Waals surface area contributed by atoms with Crippen molar-refractivity contribution >= 4 is 22.9 Å². The van der Waals surface area contributed by atoms with Crippen molar-refractivity contribution in [3.05, 3.63) is 65.7 Å². The Morgan fingerprint density at radius 2 is 1.82 bits per heavy atom. The van der Waals surface area contributed by atoms with Crippen molar-refractivity contribution in [3.8, 4) is 22.9 Å². The number of thiocarbonyl (C=S) groups is 1. The first-order chi connectivity index (χ1) is 16.4. The number of rotatable bonds is 8. The summed E-state index contributed by atoms with van der Waals surface area (Å²) >= 11 is 5.77. The molecule has 3 aromatic rings. The molecule has 2 heterocycles. The molecule has 1 aliphatic rings. The molecule has 4 rings (SSSR count). The first-order valence-corrected chi connectivity index (χ1v) is 11.7. The molecule has 7 nitrogen and oxygen atoms in total. The third-order valence-corrected chi connectivity index (χ3v) is 6.30. The summed E-state index contributed by atoms with van der Waals surface area (Å²) in [7, 11) is 3.29. The van der Waals surface area contributed by atoms with Crippen LogP contribution >= 0.6 is 12.2 Å². The van der Waals surface area contributed by atoms with Gasteiger partial charge in [0, 0.05) is 17.8 Å². The van der Waals surface area contributed by atoms with Gasteiger partial charge in [0.25, 0.3) is 5.89 Å². The maximum Gasteiger partial charge on any atom is 0.258 e. The van der Waals surface area contributed by atoms with E-state index in [0.29, 0.717) is 22.7 Å². The third-order valence-electron chi connectivity index (χ3n) is 5.96. The number of hydrogen-bond donors (Lipinski definition) is 1. The lowest BCUT2D eigenvalue weighted by Gasteiger charge is -2.37. The van der Waals surface area contributed by atoms with Crippen molar-refractivity contribution < 1.29 is 14.0 Å². The molecule has 0 amide bonds. The molecule has 34 heavy (non-hydrogen) atoms. The number of nitrogens with zero attached hydrogens (tertiary/aromatic N) is 3. The van der Waals surface area contributed by atoms with E-state index < -0.39 is 0 Å². The highest BCUT2D eigenvalue weighted by molar-refractivity contribution is 7.80. The highest BCUT2D eigenvalue weighted by Crippen LogP contribution is 2.38. The van der Waals surface area contributed by atoms with E-state index in [9.17, 15) is 0 Å². The zero-order valence-electron chi connectivity index (χ0n) is 20.2. The highest BCUT2D eigenvalue weighted by atomic mass is 32.1. The molecule has 178 valence electrons. The van der Waals surface area contributed by atoms with Crippen LogP contribution < -0.4 is 14.8 Å². The fourth-order valence-electron chi connectivity index (χ4n) is 3.97. The maximum atomic E-state index is 5.81. The van der Waals surface area contributed by atoms with Gasteiger partial charge in [-0.3, -0.25) is 0 Å². The Kier molecular flexibility index (Phi) is 7.17. The molecule has 0 fully saturated rings. The normalized spacial score (nSPS) is 16.1.